The number of carbonyl (C=O) groups excluding carboxylic acids is 1. The van der Waals surface area contributed by atoms with Crippen LogP contribution in [0.25, 0.3) is 10.1 Å². The van der Waals surface area contributed by atoms with Gasteiger partial charge < -0.3 is 5.73 Å². The maximum atomic E-state index is 10.7. The number of nitrogens with two attached hydrogens (primary N) is 1. The van der Waals surface area contributed by atoms with E-state index >= 15 is 0 Å². The molecule has 0 bridgehead atoms. The fourth-order valence-electron chi connectivity index (χ4n) is 1.30. The van der Waals surface area contributed by atoms with E-state index in [1.807, 2.05) is 6.07 Å². The largest absolute Gasteiger partial charge is 0.398 e. The summed E-state index contributed by atoms with van der Waals surface area (Å²) in [5.74, 6) is 0. The number of thiophene rings is 1. The highest BCUT2D eigenvalue weighted by atomic mass is 32.1. The van der Waals surface area contributed by atoms with Crippen molar-refractivity contribution >= 4 is 46.0 Å². The molecule has 1 aromatic heterocycles. The average molecular weight is 209 g/mol. The lowest BCUT2D eigenvalue weighted by molar-refractivity contribution is 0.112. The minimum absolute atomic E-state index is 0.617. The van der Waals surface area contributed by atoms with Gasteiger partial charge >= 0.3 is 0 Å². The van der Waals surface area contributed by atoms with Crippen molar-refractivity contribution < 1.29 is 4.79 Å². The number of fused-ring (bicyclic) bond motifs is 1. The second-order valence-electron chi connectivity index (χ2n) is 2.72. The molecule has 66 valence electrons. The predicted octanol–water partition coefficient (Wildman–Crippen LogP) is 2.58. The standard InChI is InChI=1S/C9H7NOS2/c10-7-1-6(12)2-8-9(7)5(3-11)4-13-8/h1-4,12H,10H2. The molecule has 1 aromatic carbocycles. The van der Waals surface area contributed by atoms with E-state index < -0.39 is 0 Å². The second kappa shape index (κ2) is 3.05. The quantitative estimate of drug-likeness (QED) is 0.430. The van der Waals surface area contributed by atoms with Crippen LogP contribution in [0.3, 0.4) is 0 Å². The zero-order valence-electron chi connectivity index (χ0n) is 6.65. The highest BCUT2D eigenvalue weighted by Crippen LogP contribution is 2.32. The lowest BCUT2D eigenvalue weighted by Gasteiger charge is -1.98. The van der Waals surface area contributed by atoms with Gasteiger partial charge in [0.1, 0.15) is 0 Å². The predicted molar refractivity (Wildman–Crippen MR) is 58.9 cm³/mol. The molecule has 2 nitrogen and oxygen atoms in total. The molecule has 0 saturated carbocycles. The summed E-state index contributed by atoms with van der Waals surface area (Å²) in [6, 6.07) is 3.66. The number of aldehydes is 1. The molecule has 4 heteroatoms. The Bertz CT molecular complexity index is 476. The van der Waals surface area contributed by atoms with E-state index in [9.17, 15) is 4.79 Å². The molecule has 0 atom stereocenters. The van der Waals surface area contributed by atoms with Gasteiger partial charge in [-0.25, -0.2) is 0 Å². The van der Waals surface area contributed by atoms with E-state index in [1.165, 1.54) is 11.3 Å². The Hall–Kier alpha value is -1.00. The van der Waals surface area contributed by atoms with Crippen molar-refractivity contribution in [1.82, 2.24) is 0 Å². The minimum atomic E-state index is 0.617. The van der Waals surface area contributed by atoms with Gasteiger partial charge in [0.2, 0.25) is 0 Å². The fourth-order valence-corrected chi connectivity index (χ4v) is 2.63. The molecule has 13 heavy (non-hydrogen) atoms. The molecule has 0 aliphatic rings. The Labute approximate surface area is 84.8 Å². The van der Waals surface area contributed by atoms with E-state index in [1.54, 1.807) is 11.4 Å². The number of benzene rings is 1. The van der Waals surface area contributed by atoms with Crippen LogP contribution in [0.1, 0.15) is 10.4 Å². The second-order valence-corrected chi connectivity index (χ2v) is 4.14. The maximum Gasteiger partial charge on any atom is 0.151 e. The van der Waals surface area contributed by atoms with Crippen LogP contribution in [0.5, 0.6) is 0 Å². The van der Waals surface area contributed by atoms with E-state index in [-0.39, 0.29) is 0 Å². The molecule has 2 N–H and O–H groups in total. The zero-order chi connectivity index (χ0) is 9.42. The minimum Gasteiger partial charge on any atom is -0.398 e. The first kappa shape index (κ1) is 8.59. The third kappa shape index (κ3) is 1.32. The molecule has 0 saturated heterocycles. The van der Waals surface area contributed by atoms with Gasteiger partial charge in [-0.05, 0) is 12.1 Å². The molecular weight excluding hydrogens is 202 g/mol. The first-order chi connectivity index (χ1) is 6.22. The van der Waals surface area contributed by atoms with Gasteiger partial charge in [-0.2, -0.15) is 0 Å². The van der Waals surface area contributed by atoms with Crippen molar-refractivity contribution in [2.24, 2.45) is 0 Å². The number of thiol groups is 1. The third-order valence-electron chi connectivity index (χ3n) is 1.85. The highest BCUT2D eigenvalue weighted by Gasteiger charge is 2.06. The van der Waals surface area contributed by atoms with Gasteiger partial charge in [-0.15, -0.1) is 24.0 Å². The smallest absolute Gasteiger partial charge is 0.151 e. The Morgan fingerprint density at radius 2 is 2.23 bits per heavy atom. The summed E-state index contributed by atoms with van der Waals surface area (Å²) in [5.41, 5.74) is 7.05. The molecule has 1 heterocycles. The normalized spacial score (nSPS) is 10.5. The van der Waals surface area contributed by atoms with E-state index in [0.717, 1.165) is 21.3 Å². The Balaban J connectivity index is 2.89. The van der Waals surface area contributed by atoms with Crippen molar-refractivity contribution in [3.63, 3.8) is 0 Å². The number of hydrogen-bond acceptors (Lipinski definition) is 4. The third-order valence-corrected chi connectivity index (χ3v) is 3.05. The molecule has 2 rings (SSSR count). The van der Waals surface area contributed by atoms with Gasteiger partial charge in [0.05, 0.1) is 0 Å². The lowest BCUT2D eigenvalue weighted by atomic mass is 10.1. The van der Waals surface area contributed by atoms with Crippen LogP contribution in [0.2, 0.25) is 0 Å². The van der Waals surface area contributed by atoms with E-state index in [0.29, 0.717) is 11.3 Å². The van der Waals surface area contributed by atoms with Crippen LogP contribution in [0, 0.1) is 0 Å². The Morgan fingerprint density at radius 1 is 1.46 bits per heavy atom. The van der Waals surface area contributed by atoms with E-state index in [4.69, 9.17) is 5.73 Å². The number of carbonyl (C=O) groups is 1. The molecule has 0 radical (unpaired) electrons. The zero-order valence-corrected chi connectivity index (χ0v) is 8.36. The van der Waals surface area contributed by atoms with Gasteiger partial charge in [-0.1, -0.05) is 0 Å². The number of rotatable bonds is 1. The molecule has 0 spiro atoms. The summed E-state index contributed by atoms with van der Waals surface area (Å²) in [7, 11) is 0. The van der Waals surface area contributed by atoms with Crippen molar-refractivity contribution in [2.75, 3.05) is 5.73 Å². The van der Waals surface area contributed by atoms with E-state index in [2.05, 4.69) is 12.6 Å². The summed E-state index contributed by atoms with van der Waals surface area (Å²) in [6.07, 6.45) is 0.827. The molecule has 0 unspecified atom stereocenters. The number of nitrogen functional groups attached to an aromatic ring is 1. The van der Waals surface area contributed by atoms with Crippen molar-refractivity contribution in [3.05, 3.63) is 23.1 Å². The Morgan fingerprint density at radius 3 is 2.92 bits per heavy atom. The molecule has 2 aromatic rings. The summed E-state index contributed by atoms with van der Waals surface area (Å²) in [4.78, 5) is 11.5. The van der Waals surface area contributed by atoms with Crippen LogP contribution >= 0.6 is 24.0 Å². The van der Waals surface area contributed by atoms with Gasteiger partial charge in [0.25, 0.3) is 0 Å². The molecule has 0 aliphatic heterocycles. The first-order valence-electron chi connectivity index (χ1n) is 3.67. The van der Waals surface area contributed by atoms with Crippen molar-refractivity contribution in [3.8, 4) is 0 Å². The summed E-state index contributed by atoms with van der Waals surface area (Å²) in [5, 5.41) is 2.65. The molecule has 0 fully saturated rings. The number of hydrogen-bond donors (Lipinski definition) is 2. The van der Waals surface area contributed by atoms with Crippen LogP contribution in [0.4, 0.5) is 5.69 Å². The van der Waals surface area contributed by atoms with Gasteiger partial charge in [0, 0.05) is 31.6 Å². The van der Waals surface area contributed by atoms with Gasteiger partial charge in [-0.3, -0.25) is 4.79 Å². The average Bonchev–Trinajstić information content (AvgIpc) is 2.47. The fraction of sp³-hybridized carbons (Fsp3) is 0. The molecular formula is C9H7NOS2. The molecule has 0 amide bonds. The van der Waals surface area contributed by atoms with Crippen LogP contribution < -0.4 is 5.73 Å². The van der Waals surface area contributed by atoms with Crippen LogP contribution in [-0.2, 0) is 0 Å². The molecule has 0 aliphatic carbocycles. The van der Waals surface area contributed by atoms with Crippen LogP contribution in [0.15, 0.2) is 22.4 Å². The summed E-state index contributed by atoms with van der Waals surface area (Å²) in [6.45, 7) is 0. The number of anilines is 1. The highest BCUT2D eigenvalue weighted by molar-refractivity contribution is 7.80. The Kier molecular flexibility index (Phi) is 2.01. The monoisotopic (exact) mass is 209 g/mol. The summed E-state index contributed by atoms with van der Waals surface area (Å²) < 4.78 is 1.01. The topological polar surface area (TPSA) is 43.1 Å². The van der Waals surface area contributed by atoms with Gasteiger partial charge in [0.15, 0.2) is 6.29 Å². The van der Waals surface area contributed by atoms with Crippen molar-refractivity contribution in [1.29, 1.82) is 0 Å². The van der Waals surface area contributed by atoms with Crippen LogP contribution in [-0.4, -0.2) is 6.29 Å². The maximum absolute atomic E-state index is 10.7. The first-order valence-corrected chi connectivity index (χ1v) is 5.00. The lowest BCUT2D eigenvalue weighted by Crippen LogP contribution is -1.87. The van der Waals surface area contributed by atoms with Crippen molar-refractivity contribution in [2.45, 2.75) is 4.90 Å². The SMILES string of the molecule is Nc1cc(S)cc2scc(C=O)c12. The summed E-state index contributed by atoms with van der Waals surface area (Å²) >= 11 is 5.71.